The molecular weight excluding hydrogens is 312 g/mol. The largest absolute Gasteiger partial charge is 0.377 e. The molecule has 0 amide bonds. The third kappa shape index (κ3) is 3.48. The quantitative estimate of drug-likeness (QED) is 0.883. The van der Waals surface area contributed by atoms with E-state index in [1.807, 2.05) is 36.4 Å². The second-order valence-electron chi connectivity index (χ2n) is 3.99. The first-order valence-electron chi connectivity index (χ1n) is 5.66. The van der Waals surface area contributed by atoms with Crippen molar-refractivity contribution in [1.82, 2.24) is 0 Å². The fraction of sp³-hybridized carbons (Fsp3) is 0.143. The Morgan fingerprint density at radius 2 is 1.89 bits per heavy atom. The van der Waals surface area contributed by atoms with E-state index in [0.717, 1.165) is 15.7 Å². The molecule has 0 radical (unpaired) electrons. The monoisotopic (exact) mass is 324 g/mol. The van der Waals surface area contributed by atoms with E-state index >= 15 is 0 Å². The van der Waals surface area contributed by atoms with Crippen molar-refractivity contribution >= 4 is 33.2 Å². The van der Waals surface area contributed by atoms with Gasteiger partial charge in [0.05, 0.1) is 6.04 Å². The molecule has 0 saturated carbocycles. The fourth-order valence-electron chi connectivity index (χ4n) is 1.75. The summed E-state index contributed by atoms with van der Waals surface area (Å²) in [6.45, 7) is 0.522. The molecule has 18 heavy (non-hydrogen) atoms. The molecule has 94 valence electrons. The van der Waals surface area contributed by atoms with Crippen LogP contribution >= 0.6 is 27.5 Å². The van der Waals surface area contributed by atoms with Gasteiger partial charge in [-0.15, -0.1) is 0 Å². The second-order valence-corrected chi connectivity index (χ2v) is 5.35. The van der Waals surface area contributed by atoms with Crippen molar-refractivity contribution < 1.29 is 0 Å². The predicted molar refractivity (Wildman–Crippen MR) is 81.0 cm³/mol. The summed E-state index contributed by atoms with van der Waals surface area (Å²) in [5.74, 6) is 0. The van der Waals surface area contributed by atoms with Crippen LogP contribution in [0.5, 0.6) is 0 Å². The predicted octanol–water partition coefficient (Wildman–Crippen LogP) is 4.21. The van der Waals surface area contributed by atoms with Crippen LogP contribution in [0.15, 0.2) is 53.0 Å². The highest BCUT2D eigenvalue weighted by molar-refractivity contribution is 9.10. The van der Waals surface area contributed by atoms with Crippen molar-refractivity contribution in [1.29, 1.82) is 0 Å². The van der Waals surface area contributed by atoms with Crippen molar-refractivity contribution in [3.8, 4) is 0 Å². The maximum Gasteiger partial charge on any atom is 0.0636 e. The standard InChI is InChI=1S/C14H14BrClN2/c15-11-6-4-10(5-7-11)14(9-17)18-13-3-1-2-12(16)8-13/h1-8,14,18H,9,17H2. The van der Waals surface area contributed by atoms with Gasteiger partial charge in [-0.1, -0.05) is 45.7 Å². The third-order valence-electron chi connectivity index (χ3n) is 2.67. The maximum absolute atomic E-state index is 5.96. The van der Waals surface area contributed by atoms with Crippen molar-refractivity contribution in [2.24, 2.45) is 5.73 Å². The van der Waals surface area contributed by atoms with E-state index in [2.05, 4.69) is 33.4 Å². The van der Waals surface area contributed by atoms with Crippen LogP contribution in [-0.4, -0.2) is 6.54 Å². The van der Waals surface area contributed by atoms with E-state index in [4.69, 9.17) is 17.3 Å². The molecule has 4 heteroatoms. The van der Waals surface area contributed by atoms with Gasteiger partial charge in [-0.25, -0.2) is 0 Å². The Bertz CT molecular complexity index is 513. The highest BCUT2D eigenvalue weighted by Crippen LogP contribution is 2.22. The van der Waals surface area contributed by atoms with Crippen LogP contribution in [-0.2, 0) is 0 Å². The number of hydrogen-bond donors (Lipinski definition) is 2. The number of anilines is 1. The lowest BCUT2D eigenvalue weighted by Crippen LogP contribution is -2.20. The van der Waals surface area contributed by atoms with Gasteiger partial charge in [0, 0.05) is 21.7 Å². The van der Waals surface area contributed by atoms with Gasteiger partial charge in [-0.2, -0.15) is 0 Å². The highest BCUT2D eigenvalue weighted by Gasteiger charge is 2.09. The zero-order valence-corrected chi connectivity index (χ0v) is 12.1. The lowest BCUT2D eigenvalue weighted by Gasteiger charge is -2.18. The average Bonchev–Trinajstić information content (AvgIpc) is 2.37. The van der Waals surface area contributed by atoms with Crippen molar-refractivity contribution in [3.05, 3.63) is 63.6 Å². The third-order valence-corrected chi connectivity index (χ3v) is 3.44. The molecule has 2 nitrogen and oxygen atoms in total. The van der Waals surface area contributed by atoms with Crippen LogP contribution in [0.4, 0.5) is 5.69 Å². The van der Waals surface area contributed by atoms with Gasteiger partial charge in [0.2, 0.25) is 0 Å². The van der Waals surface area contributed by atoms with Crippen LogP contribution in [0.25, 0.3) is 0 Å². The van der Waals surface area contributed by atoms with E-state index in [0.29, 0.717) is 11.6 Å². The molecule has 2 rings (SSSR count). The fourth-order valence-corrected chi connectivity index (χ4v) is 2.21. The van der Waals surface area contributed by atoms with Crippen LogP contribution in [0.1, 0.15) is 11.6 Å². The summed E-state index contributed by atoms with van der Waals surface area (Å²) in [5, 5.41) is 4.09. The molecule has 0 aromatic heterocycles. The Balaban J connectivity index is 2.17. The summed E-state index contributed by atoms with van der Waals surface area (Å²) >= 11 is 9.38. The first-order chi connectivity index (χ1) is 8.69. The summed E-state index contributed by atoms with van der Waals surface area (Å²) in [6, 6.07) is 15.9. The number of rotatable bonds is 4. The molecular formula is C14H14BrClN2. The minimum absolute atomic E-state index is 0.0802. The number of nitrogens with one attached hydrogen (secondary N) is 1. The van der Waals surface area contributed by atoms with Gasteiger partial charge in [0.1, 0.15) is 0 Å². The van der Waals surface area contributed by atoms with E-state index < -0.39 is 0 Å². The van der Waals surface area contributed by atoms with Crippen LogP contribution < -0.4 is 11.1 Å². The number of hydrogen-bond acceptors (Lipinski definition) is 2. The van der Waals surface area contributed by atoms with Crippen molar-refractivity contribution in [2.45, 2.75) is 6.04 Å². The van der Waals surface area contributed by atoms with Gasteiger partial charge >= 0.3 is 0 Å². The molecule has 0 fully saturated rings. The molecule has 0 bridgehead atoms. The summed E-state index contributed by atoms with van der Waals surface area (Å²) < 4.78 is 1.06. The zero-order chi connectivity index (χ0) is 13.0. The molecule has 2 aromatic carbocycles. The van der Waals surface area contributed by atoms with Gasteiger partial charge < -0.3 is 11.1 Å². The molecule has 0 aliphatic rings. The van der Waals surface area contributed by atoms with Gasteiger partial charge in [-0.05, 0) is 35.9 Å². The lowest BCUT2D eigenvalue weighted by molar-refractivity contribution is 0.790. The average molecular weight is 326 g/mol. The number of nitrogens with two attached hydrogens (primary N) is 1. The first-order valence-corrected chi connectivity index (χ1v) is 6.84. The molecule has 0 aliphatic heterocycles. The summed E-state index contributed by atoms with van der Waals surface area (Å²) in [4.78, 5) is 0. The minimum Gasteiger partial charge on any atom is -0.377 e. The SMILES string of the molecule is NCC(Nc1cccc(Cl)c1)c1ccc(Br)cc1. The van der Waals surface area contributed by atoms with Crippen LogP contribution in [0, 0.1) is 0 Å². The summed E-state index contributed by atoms with van der Waals surface area (Å²) in [7, 11) is 0. The Kier molecular flexibility index (Phi) is 4.64. The molecule has 1 unspecified atom stereocenters. The molecule has 0 saturated heterocycles. The van der Waals surface area contributed by atoms with Gasteiger partial charge in [-0.3, -0.25) is 0 Å². The normalized spacial score (nSPS) is 12.2. The zero-order valence-electron chi connectivity index (χ0n) is 9.74. The van der Waals surface area contributed by atoms with Gasteiger partial charge in [0.25, 0.3) is 0 Å². The Morgan fingerprint density at radius 1 is 1.17 bits per heavy atom. The highest BCUT2D eigenvalue weighted by atomic mass is 79.9. The topological polar surface area (TPSA) is 38.0 Å². The Hall–Kier alpha value is -1.03. The van der Waals surface area contributed by atoms with Crippen molar-refractivity contribution in [2.75, 3.05) is 11.9 Å². The molecule has 3 N–H and O–H groups in total. The minimum atomic E-state index is 0.0802. The molecule has 2 aromatic rings. The Labute approximate surface area is 120 Å². The summed E-state index contributed by atoms with van der Waals surface area (Å²) in [6.07, 6.45) is 0. The first kappa shape index (κ1) is 13.4. The van der Waals surface area contributed by atoms with Crippen LogP contribution in [0.3, 0.4) is 0 Å². The molecule has 0 aliphatic carbocycles. The number of halogens is 2. The van der Waals surface area contributed by atoms with E-state index in [1.54, 1.807) is 0 Å². The number of benzene rings is 2. The molecule has 0 spiro atoms. The molecule has 1 atom stereocenters. The van der Waals surface area contributed by atoms with E-state index in [9.17, 15) is 0 Å². The smallest absolute Gasteiger partial charge is 0.0636 e. The Morgan fingerprint density at radius 3 is 2.50 bits per heavy atom. The summed E-state index contributed by atoms with van der Waals surface area (Å²) in [5.41, 5.74) is 7.95. The van der Waals surface area contributed by atoms with E-state index in [-0.39, 0.29) is 6.04 Å². The lowest BCUT2D eigenvalue weighted by atomic mass is 10.1. The van der Waals surface area contributed by atoms with Crippen LogP contribution in [0.2, 0.25) is 5.02 Å². The van der Waals surface area contributed by atoms with Crippen molar-refractivity contribution in [3.63, 3.8) is 0 Å². The second kappa shape index (κ2) is 6.23. The van der Waals surface area contributed by atoms with Gasteiger partial charge in [0.15, 0.2) is 0 Å². The molecule has 0 heterocycles. The maximum atomic E-state index is 5.96. The van der Waals surface area contributed by atoms with E-state index in [1.165, 1.54) is 0 Å².